The number of rotatable bonds is 10. The SMILES string of the molecule is CC(C)Cc1cccc(CN(CCc2ccccn2)Cc2cccc(CO)n2)n1. The van der Waals surface area contributed by atoms with Crippen LogP contribution in [-0.2, 0) is 32.5 Å². The molecule has 0 fully saturated rings. The van der Waals surface area contributed by atoms with Crippen LogP contribution in [0.2, 0.25) is 0 Å². The number of hydrogen-bond donors (Lipinski definition) is 1. The average molecular weight is 391 g/mol. The number of aliphatic hydroxyl groups excluding tert-OH is 1. The Morgan fingerprint density at radius 3 is 2.03 bits per heavy atom. The number of pyridine rings is 3. The smallest absolute Gasteiger partial charge is 0.0853 e. The van der Waals surface area contributed by atoms with Crippen molar-refractivity contribution in [1.29, 1.82) is 0 Å². The monoisotopic (exact) mass is 390 g/mol. The van der Waals surface area contributed by atoms with Crippen LogP contribution in [0.1, 0.15) is 42.3 Å². The van der Waals surface area contributed by atoms with E-state index in [4.69, 9.17) is 4.98 Å². The van der Waals surface area contributed by atoms with Gasteiger partial charge in [-0.2, -0.15) is 0 Å². The normalized spacial score (nSPS) is 11.3. The standard InChI is InChI=1S/C24H30N4O/c1-19(2)15-21-8-5-9-22(26-21)16-28(14-12-20-7-3-4-13-25-20)17-23-10-6-11-24(18-29)27-23/h3-11,13,19,29H,12,14-18H2,1-2H3. The Balaban J connectivity index is 1.74. The molecule has 0 aliphatic heterocycles. The van der Waals surface area contributed by atoms with Crippen LogP contribution >= 0.6 is 0 Å². The van der Waals surface area contributed by atoms with Crippen LogP contribution in [0, 0.1) is 5.92 Å². The highest BCUT2D eigenvalue weighted by atomic mass is 16.3. The summed E-state index contributed by atoms with van der Waals surface area (Å²) in [4.78, 5) is 16.2. The van der Waals surface area contributed by atoms with E-state index < -0.39 is 0 Å². The van der Waals surface area contributed by atoms with Crippen molar-refractivity contribution in [3.8, 4) is 0 Å². The average Bonchev–Trinajstić information content (AvgIpc) is 2.73. The molecule has 1 N–H and O–H groups in total. The van der Waals surface area contributed by atoms with Crippen LogP contribution < -0.4 is 0 Å². The molecule has 0 radical (unpaired) electrons. The van der Waals surface area contributed by atoms with Crippen molar-refractivity contribution in [3.63, 3.8) is 0 Å². The predicted octanol–water partition coefficient (Wildman–Crippen LogP) is 3.81. The Morgan fingerprint density at radius 1 is 0.793 bits per heavy atom. The van der Waals surface area contributed by atoms with Crippen molar-refractivity contribution in [1.82, 2.24) is 19.9 Å². The molecule has 0 aliphatic rings. The summed E-state index contributed by atoms with van der Waals surface area (Å²) in [7, 11) is 0. The molecule has 0 spiro atoms. The second-order valence-electron chi connectivity index (χ2n) is 7.78. The molecule has 5 nitrogen and oxygen atoms in total. The van der Waals surface area contributed by atoms with E-state index in [1.807, 2.05) is 36.5 Å². The number of nitrogens with zero attached hydrogens (tertiary/aromatic N) is 4. The van der Waals surface area contributed by atoms with Crippen molar-refractivity contribution in [2.45, 2.75) is 46.4 Å². The first kappa shape index (κ1) is 21.1. The summed E-state index contributed by atoms with van der Waals surface area (Å²) >= 11 is 0. The van der Waals surface area contributed by atoms with Crippen molar-refractivity contribution >= 4 is 0 Å². The van der Waals surface area contributed by atoms with Gasteiger partial charge in [-0.1, -0.05) is 32.0 Å². The molecule has 152 valence electrons. The Kier molecular flexibility index (Phi) is 7.85. The largest absolute Gasteiger partial charge is 0.390 e. The number of aliphatic hydroxyl groups is 1. The maximum Gasteiger partial charge on any atom is 0.0853 e. The fourth-order valence-electron chi connectivity index (χ4n) is 3.35. The van der Waals surface area contributed by atoms with E-state index >= 15 is 0 Å². The Bertz CT molecular complexity index is 883. The van der Waals surface area contributed by atoms with Crippen LogP contribution in [0.25, 0.3) is 0 Å². The summed E-state index contributed by atoms with van der Waals surface area (Å²) in [5.41, 5.74) is 4.95. The van der Waals surface area contributed by atoms with Gasteiger partial charge in [0.15, 0.2) is 0 Å². The minimum absolute atomic E-state index is 0.0411. The number of aromatic nitrogens is 3. The van der Waals surface area contributed by atoms with Crippen molar-refractivity contribution in [2.75, 3.05) is 6.54 Å². The maximum atomic E-state index is 9.39. The first-order valence-corrected chi connectivity index (χ1v) is 10.2. The van der Waals surface area contributed by atoms with E-state index in [9.17, 15) is 5.11 Å². The van der Waals surface area contributed by atoms with Crippen LogP contribution in [0.5, 0.6) is 0 Å². The van der Waals surface area contributed by atoms with Gasteiger partial charge < -0.3 is 5.11 Å². The summed E-state index contributed by atoms with van der Waals surface area (Å²) in [5.74, 6) is 0.587. The zero-order valence-corrected chi connectivity index (χ0v) is 17.3. The van der Waals surface area contributed by atoms with Gasteiger partial charge in [-0.15, -0.1) is 0 Å². The number of hydrogen-bond acceptors (Lipinski definition) is 5. The molecule has 0 aliphatic carbocycles. The lowest BCUT2D eigenvalue weighted by atomic mass is 10.1. The molecule has 0 aromatic carbocycles. The molecular formula is C24H30N4O. The lowest BCUT2D eigenvalue weighted by molar-refractivity contribution is 0.250. The molecule has 0 saturated heterocycles. The lowest BCUT2D eigenvalue weighted by Gasteiger charge is -2.22. The quantitative estimate of drug-likeness (QED) is 0.570. The van der Waals surface area contributed by atoms with Gasteiger partial charge >= 0.3 is 0 Å². The van der Waals surface area contributed by atoms with E-state index in [1.54, 1.807) is 0 Å². The molecule has 3 aromatic rings. The van der Waals surface area contributed by atoms with Crippen molar-refractivity contribution < 1.29 is 5.11 Å². The fraction of sp³-hybridized carbons (Fsp3) is 0.375. The highest BCUT2D eigenvalue weighted by Gasteiger charge is 2.11. The third kappa shape index (κ3) is 7.04. The van der Waals surface area contributed by atoms with Gasteiger partial charge in [-0.25, -0.2) is 0 Å². The topological polar surface area (TPSA) is 62.1 Å². The minimum Gasteiger partial charge on any atom is -0.390 e. The Morgan fingerprint density at radius 2 is 1.41 bits per heavy atom. The van der Waals surface area contributed by atoms with Gasteiger partial charge in [0, 0.05) is 43.6 Å². The summed E-state index contributed by atoms with van der Waals surface area (Å²) in [6, 6.07) is 18.1. The summed E-state index contributed by atoms with van der Waals surface area (Å²) in [5, 5.41) is 9.39. The molecule has 0 bridgehead atoms. The molecule has 29 heavy (non-hydrogen) atoms. The van der Waals surface area contributed by atoms with E-state index in [-0.39, 0.29) is 6.61 Å². The molecule has 5 heteroatoms. The van der Waals surface area contributed by atoms with Gasteiger partial charge in [0.05, 0.1) is 23.7 Å². The van der Waals surface area contributed by atoms with E-state index in [0.717, 1.165) is 48.7 Å². The van der Waals surface area contributed by atoms with E-state index in [1.165, 1.54) is 0 Å². The van der Waals surface area contributed by atoms with Gasteiger partial charge in [-0.05, 0) is 48.7 Å². The molecule has 3 heterocycles. The highest BCUT2D eigenvalue weighted by molar-refractivity contribution is 5.14. The van der Waals surface area contributed by atoms with Gasteiger partial charge in [-0.3, -0.25) is 19.9 Å². The van der Waals surface area contributed by atoms with Crippen LogP contribution in [0.4, 0.5) is 0 Å². The Hall–Kier alpha value is -2.63. The molecule has 0 atom stereocenters. The van der Waals surface area contributed by atoms with E-state index in [2.05, 4.69) is 53.0 Å². The van der Waals surface area contributed by atoms with Crippen molar-refractivity contribution in [3.05, 3.63) is 89.3 Å². The fourth-order valence-corrected chi connectivity index (χ4v) is 3.35. The minimum atomic E-state index is -0.0411. The Labute approximate surface area is 173 Å². The molecule has 0 saturated carbocycles. The van der Waals surface area contributed by atoms with Crippen molar-refractivity contribution in [2.24, 2.45) is 5.92 Å². The molecule has 3 aromatic heterocycles. The second-order valence-corrected chi connectivity index (χ2v) is 7.78. The van der Waals surface area contributed by atoms with Crippen LogP contribution in [0.3, 0.4) is 0 Å². The van der Waals surface area contributed by atoms with E-state index in [0.29, 0.717) is 18.2 Å². The lowest BCUT2D eigenvalue weighted by Crippen LogP contribution is -2.27. The zero-order valence-electron chi connectivity index (χ0n) is 17.3. The highest BCUT2D eigenvalue weighted by Crippen LogP contribution is 2.12. The summed E-state index contributed by atoms with van der Waals surface area (Å²) < 4.78 is 0. The molecule has 3 rings (SSSR count). The van der Waals surface area contributed by atoms with Crippen LogP contribution in [0.15, 0.2) is 60.8 Å². The van der Waals surface area contributed by atoms with Gasteiger partial charge in [0.2, 0.25) is 0 Å². The predicted molar refractivity (Wildman–Crippen MR) is 115 cm³/mol. The molecule has 0 unspecified atom stereocenters. The zero-order chi connectivity index (χ0) is 20.5. The van der Waals surface area contributed by atoms with Gasteiger partial charge in [0.25, 0.3) is 0 Å². The summed E-state index contributed by atoms with van der Waals surface area (Å²) in [6.45, 7) is 6.71. The molecular weight excluding hydrogens is 360 g/mol. The maximum absolute atomic E-state index is 9.39. The molecule has 0 amide bonds. The van der Waals surface area contributed by atoms with Crippen LogP contribution in [-0.4, -0.2) is 31.5 Å². The summed E-state index contributed by atoms with van der Waals surface area (Å²) in [6.07, 6.45) is 3.69. The third-order valence-electron chi connectivity index (χ3n) is 4.69. The van der Waals surface area contributed by atoms with Gasteiger partial charge in [0.1, 0.15) is 0 Å². The first-order chi connectivity index (χ1) is 14.1. The first-order valence-electron chi connectivity index (χ1n) is 10.2. The second kappa shape index (κ2) is 10.8. The third-order valence-corrected chi connectivity index (χ3v) is 4.69.